The molecule has 1 atom stereocenters. The zero-order chi connectivity index (χ0) is 30.9. The minimum atomic E-state index is -4.21. The lowest BCUT2D eigenvalue weighted by molar-refractivity contribution is -0.140. The summed E-state index contributed by atoms with van der Waals surface area (Å²) in [6.45, 7) is 5.70. The average molecular weight is 661 g/mol. The maximum Gasteiger partial charge on any atom is 0.264 e. The molecule has 0 saturated carbocycles. The third-order valence-corrected chi connectivity index (χ3v) is 9.12. The number of hydrogen-bond acceptors (Lipinski definition) is 6. The van der Waals surface area contributed by atoms with Gasteiger partial charge in [-0.25, -0.2) is 8.42 Å². The highest BCUT2D eigenvalue weighted by atomic mass is 79.9. The Morgan fingerprint density at radius 2 is 1.69 bits per heavy atom. The van der Waals surface area contributed by atoms with Crippen LogP contribution in [0.4, 0.5) is 5.69 Å². The van der Waals surface area contributed by atoms with E-state index in [1.54, 1.807) is 55.6 Å². The molecule has 11 heteroatoms. The van der Waals surface area contributed by atoms with Gasteiger partial charge in [0, 0.05) is 13.1 Å². The number of amides is 2. The highest BCUT2D eigenvalue weighted by Gasteiger charge is 2.34. The van der Waals surface area contributed by atoms with Crippen LogP contribution in [0.15, 0.2) is 76.1 Å². The molecule has 0 aliphatic rings. The molecule has 0 spiro atoms. The molecular weight excluding hydrogens is 622 g/mol. The number of rotatable bonds is 14. The molecule has 0 heterocycles. The van der Waals surface area contributed by atoms with Crippen molar-refractivity contribution in [2.24, 2.45) is 0 Å². The van der Waals surface area contributed by atoms with Crippen LogP contribution in [-0.4, -0.2) is 58.5 Å². The molecular formula is C31H38BrN3O6S. The van der Waals surface area contributed by atoms with Gasteiger partial charge in [0.1, 0.15) is 24.1 Å². The van der Waals surface area contributed by atoms with Gasteiger partial charge in [-0.05, 0) is 83.7 Å². The summed E-state index contributed by atoms with van der Waals surface area (Å²) in [6.07, 6.45) is 1.08. The molecule has 0 aliphatic heterocycles. The number of nitrogens with one attached hydrogen (secondary N) is 1. The van der Waals surface area contributed by atoms with Crippen LogP contribution in [0.5, 0.6) is 11.5 Å². The van der Waals surface area contributed by atoms with E-state index in [9.17, 15) is 18.0 Å². The molecule has 0 radical (unpaired) electrons. The first-order chi connectivity index (χ1) is 20.0. The van der Waals surface area contributed by atoms with Gasteiger partial charge in [-0.2, -0.15) is 0 Å². The van der Waals surface area contributed by atoms with Crippen LogP contribution in [0.1, 0.15) is 37.8 Å². The van der Waals surface area contributed by atoms with Crippen LogP contribution < -0.4 is 19.1 Å². The Morgan fingerprint density at radius 3 is 2.29 bits per heavy atom. The van der Waals surface area contributed by atoms with E-state index < -0.39 is 28.5 Å². The van der Waals surface area contributed by atoms with Crippen LogP contribution >= 0.6 is 15.9 Å². The van der Waals surface area contributed by atoms with Gasteiger partial charge in [0.15, 0.2) is 0 Å². The number of sulfonamides is 1. The highest BCUT2D eigenvalue weighted by molar-refractivity contribution is 9.10. The van der Waals surface area contributed by atoms with Crippen molar-refractivity contribution >= 4 is 43.5 Å². The van der Waals surface area contributed by atoms with E-state index >= 15 is 0 Å². The quantitative estimate of drug-likeness (QED) is 0.252. The van der Waals surface area contributed by atoms with Crippen molar-refractivity contribution < 1.29 is 27.5 Å². The summed E-state index contributed by atoms with van der Waals surface area (Å²) in [5, 5.41) is 2.88. The largest absolute Gasteiger partial charge is 0.497 e. The molecule has 0 saturated heterocycles. The van der Waals surface area contributed by atoms with Crippen LogP contribution in [0.2, 0.25) is 0 Å². The number of ether oxygens (including phenoxy) is 2. The number of carbonyl (C=O) groups is 2. The smallest absolute Gasteiger partial charge is 0.264 e. The second-order valence-electron chi connectivity index (χ2n) is 9.73. The van der Waals surface area contributed by atoms with Crippen LogP contribution in [-0.2, 0) is 26.2 Å². The average Bonchev–Trinajstić information content (AvgIpc) is 2.99. The lowest BCUT2D eigenvalue weighted by Crippen LogP contribution is -2.52. The molecule has 9 nitrogen and oxygen atoms in total. The number of halogens is 1. The SMILES string of the molecule is CCCNC(=O)[C@H](CC)N(Cc1cccc(OC)c1)C(=O)CN(c1ccc(C)cc1)S(=O)(=O)c1ccc(OC)c(Br)c1. The number of nitrogens with zero attached hydrogens (tertiary/aromatic N) is 2. The second-order valence-corrected chi connectivity index (χ2v) is 12.4. The Balaban J connectivity index is 2.08. The van der Waals surface area contributed by atoms with Crippen molar-refractivity contribution in [2.45, 2.75) is 51.1 Å². The van der Waals surface area contributed by atoms with Gasteiger partial charge in [-0.3, -0.25) is 13.9 Å². The van der Waals surface area contributed by atoms with E-state index in [0.717, 1.165) is 21.9 Å². The van der Waals surface area contributed by atoms with E-state index in [1.165, 1.54) is 24.1 Å². The highest BCUT2D eigenvalue weighted by Crippen LogP contribution is 2.31. The first-order valence-electron chi connectivity index (χ1n) is 13.7. The van der Waals surface area contributed by atoms with Crippen molar-refractivity contribution in [1.29, 1.82) is 0 Å². The molecule has 0 bridgehead atoms. The van der Waals surface area contributed by atoms with Gasteiger partial charge >= 0.3 is 0 Å². The van der Waals surface area contributed by atoms with Gasteiger partial charge in [0.25, 0.3) is 10.0 Å². The van der Waals surface area contributed by atoms with Gasteiger partial charge in [0.05, 0.1) is 29.3 Å². The van der Waals surface area contributed by atoms with E-state index in [-0.39, 0.29) is 17.3 Å². The topological polar surface area (TPSA) is 105 Å². The summed E-state index contributed by atoms with van der Waals surface area (Å²) in [6, 6.07) is 17.7. The summed E-state index contributed by atoms with van der Waals surface area (Å²) < 4.78 is 40.3. The Kier molecular flexibility index (Phi) is 11.8. The summed E-state index contributed by atoms with van der Waals surface area (Å²) in [7, 11) is -1.17. The normalized spacial score (nSPS) is 11.9. The third kappa shape index (κ3) is 8.04. The summed E-state index contributed by atoms with van der Waals surface area (Å²) in [4.78, 5) is 28.8. The van der Waals surface area contributed by atoms with Crippen LogP contribution in [0, 0.1) is 6.92 Å². The molecule has 0 unspecified atom stereocenters. The lowest BCUT2D eigenvalue weighted by Gasteiger charge is -2.33. The van der Waals surface area contributed by atoms with Gasteiger partial charge in [-0.15, -0.1) is 0 Å². The fraction of sp³-hybridized carbons (Fsp3) is 0.355. The first-order valence-corrected chi connectivity index (χ1v) is 15.9. The Bertz CT molecular complexity index is 1480. The molecule has 0 aromatic heterocycles. The number of methoxy groups -OCH3 is 2. The number of aryl methyl sites for hydroxylation is 1. The maximum atomic E-state index is 14.2. The molecule has 0 aliphatic carbocycles. The van der Waals surface area contributed by atoms with Crippen molar-refractivity contribution in [3.63, 3.8) is 0 Å². The molecule has 3 aromatic carbocycles. The molecule has 3 aromatic rings. The van der Waals surface area contributed by atoms with Gasteiger partial charge in [0.2, 0.25) is 11.8 Å². The Morgan fingerprint density at radius 1 is 0.976 bits per heavy atom. The molecule has 226 valence electrons. The number of carbonyl (C=O) groups excluding carboxylic acids is 2. The zero-order valence-corrected chi connectivity index (χ0v) is 27.0. The van der Waals surface area contributed by atoms with Gasteiger partial charge in [-0.1, -0.05) is 43.7 Å². The predicted molar refractivity (Wildman–Crippen MR) is 167 cm³/mol. The molecule has 2 amide bonds. The minimum Gasteiger partial charge on any atom is -0.497 e. The number of anilines is 1. The summed E-state index contributed by atoms with van der Waals surface area (Å²) in [5.74, 6) is 0.269. The number of hydrogen-bond donors (Lipinski definition) is 1. The van der Waals surface area contributed by atoms with E-state index in [4.69, 9.17) is 9.47 Å². The fourth-order valence-electron chi connectivity index (χ4n) is 4.43. The van der Waals surface area contributed by atoms with Crippen molar-refractivity contribution in [3.05, 3.63) is 82.3 Å². The Hall–Kier alpha value is -3.57. The van der Waals surface area contributed by atoms with Crippen molar-refractivity contribution in [2.75, 3.05) is 31.6 Å². The van der Waals surface area contributed by atoms with Crippen LogP contribution in [0.25, 0.3) is 0 Å². The molecule has 0 fully saturated rings. The fourth-order valence-corrected chi connectivity index (χ4v) is 6.56. The standard InChI is InChI=1S/C31H38BrN3O6S/c1-6-17-33-31(37)28(7-2)34(20-23-9-8-10-25(18-23)40-4)30(36)21-35(24-13-11-22(3)12-14-24)42(38,39)26-15-16-29(41-5)27(32)19-26/h8-16,18-19,28H,6-7,17,20-21H2,1-5H3,(H,33,37)/t28-/m0/s1. The van der Waals surface area contributed by atoms with E-state index in [1.807, 2.05) is 26.8 Å². The van der Waals surface area contributed by atoms with Gasteiger partial charge < -0.3 is 19.7 Å². The zero-order valence-electron chi connectivity index (χ0n) is 24.6. The summed E-state index contributed by atoms with van der Waals surface area (Å²) in [5.41, 5.74) is 2.01. The van der Waals surface area contributed by atoms with Crippen LogP contribution in [0.3, 0.4) is 0 Å². The molecule has 3 rings (SSSR count). The first kappa shape index (κ1) is 32.9. The third-order valence-electron chi connectivity index (χ3n) is 6.73. The molecule has 1 N–H and O–H groups in total. The molecule has 42 heavy (non-hydrogen) atoms. The maximum absolute atomic E-state index is 14.2. The van der Waals surface area contributed by atoms with Crippen molar-refractivity contribution in [1.82, 2.24) is 10.2 Å². The van der Waals surface area contributed by atoms with E-state index in [2.05, 4.69) is 21.2 Å². The van der Waals surface area contributed by atoms with E-state index in [0.29, 0.717) is 34.6 Å². The van der Waals surface area contributed by atoms with Crippen molar-refractivity contribution in [3.8, 4) is 11.5 Å². The Labute approximate surface area is 257 Å². The second kappa shape index (κ2) is 15.1. The lowest BCUT2D eigenvalue weighted by atomic mass is 10.1. The minimum absolute atomic E-state index is 0.0179. The number of benzene rings is 3. The predicted octanol–water partition coefficient (Wildman–Crippen LogP) is 5.30. The monoisotopic (exact) mass is 659 g/mol. The summed E-state index contributed by atoms with van der Waals surface area (Å²) >= 11 is 3.36.